The van der Waals surface area contributed by atoms with Crippen LogP contribution in [0.4, 0.5) is 0 Å². The van der Waals surface area contributed by atoms with Crippen molar-refractivity contribution in [1.82, 2.24) is 5.32 Å². The van der Waals surface area contributed by atoms with Crippen LogP contribution in [0.15, 0.2) is 12.1 Å². The Labute approximate surface area is 131 Å². The van der Waals surface area contributed by atoms with Crippen molar-refractivity contribution in [3.8, 4) is 0 Å². The maximum absolute atomic E-state index is 5.05. The molecule has 2 heteroatoms. The minimum Gasteiger partial charge on any atom is -0.383 e. The fourth-order valence-corrected chi connectivity index (χ4v) is 2.92. The summed E-state index contributed by atoms with van der Waals surface area (Å²) in [5.74, 6) is 0. The molecule has 0 aromatic heterocycles. The molecule has 0 fully saturated rings. The molecule has 2 nitrogen and oxygen atoms in total. The van der Waals surface area contributed by atoms with Crippen LogP contribution >= 0.6 is 0 Å². The number of methoxy groups -OCH3 is 1. The van der Waals surface area contributed by atoms with Crippen LogP contribution in [0.3, 0.4) is 0 Å². The quantitative estimate of drug-likeness (QED) is 0.689. The number of ether oxygens (including phenoxy) is 1. The fraction of sp³-hybridized carbons (Fsp3) is 0.684. The van der Waals surface area contributed by atoms with Crippen molar-refractivity contribution in [2.45, 2.75) is 53.9 Å². The molecule has 0 aliphatic rings. The molecule has 0 spiro atoms. The Kier molecular flexibility index (Phi) is 7.41. The van der Waals surface area contributed by atoms with Crippen molar-refractivity contribution >= 4 is 0 Å². The van der Waals surface area contributed by atoms with Crippen molar-refractivity contribution in [2.75, 3.05) is 26.8 Å². The van der Waals surface area contributed by atoms with Crippen molar-refractivity contribution < 1.29 is 4.74 Å². The molecule has 1 aromatic rings. The molecule has 0 saturated carbocycles. The summed E-state index contributed by atoms with van der Waals surface area (Å²) in [4.78, 5) is 0. The smallest absolute Gasteiger partial charge is 0.0587 e. The van der Waals surface area contributed by atoms with E-state index in [4.69, 9.17) is 4.74 Å². The first-order chi connectivity index (χ1) is 9.85. The zero-order chi connectivity index (χ0) is 15.9. The van der Waals surface area contributed by atoms with E-state index in [2.05, 4.69) is 52.1 Å². The highest BCUT2D eigenvalue weighted by molar-refractivity contribution is 5.37. The van der Waals surface area contributed by atoms with Crippen LogP contribution in [-0.2, 0) is 11.2 Å². The van der Waals surface area contributed by atoms with E-state index in [0.29, 0.717) is 5.41 Å². The molecule has 1 aromatic carbocycles. The van der Waals surface area contributed by atoms with Gasteiger partial charge in [0.1, 0.15) is 0 Å². The molecular formula is C19H33NO. The molecule has 1 rings (SSSR count). The molecule has 0 heterocycles. The summed E-state index contributed by atoms with van der Waals surface area (Å²) >= 11 is 0. The minimum absolute atomic E-state index is 0.379. The maximum Gasteiger partial charge on any atom is 0.0587 e. The predicted octanol–water partition coefficient (Wildman–Crippen LogP) is 4.20. The van der Waals surface area contributed by atoms with Crippen LogP contribution in [0.2, 0.25) is 0 Å². The Balaban J connectivity index is 2.46. The third kappa shape index (κ3) is 6.62. The van der Waals surface area contributed by atoms with Gasteiger partial charge in [0.15, 0.2) is 0 Å². The van der Waals surface area contributed by atoms with Gasteiger partial charge in [0, 0.05) is 13.7 Å². The van der Waals surface area contributed by atoms with Gasteiger partial charge in [-0.3, -0.25) is 0 Å². The van der Waals surface area contributed by atoms with Gasteiger partial charge in [0.05, 0.1) is 6.61 Å². The summed E-state index contributed by atoms with van der Waals surface area (Å²) < 4.78 is 5.05. The monoisotopic (exact) mass is 291 g/mol. The van der Waals surface area contributed by atoms with Crippen molar-refractivity contribution in [2.24, 2.45) is 5.41 Å². The Bertz CT molecular complexity index is 414. The van der Waals surface area contributed by atoms with Gasteiger partial charge in [-0.1, -0.05) is 31.5 Å². The third-order valence-electron chi connectivity index (χ3n) is 4.35. The molecule has 21 heavy (non-hydrogen) atoms. The van der Waals surface area contributed by atoms with E-state index >= 15 is 0 Å². The molecule has 0 saturated heterocycles. The second-order valence-electron chi connectivity index (χ2n) is 7.03. The van der Waals surface area contributed by atoms with Crippen LogP contribution in [0, 0.1) is 26.2 Å². The number of benzene rings is 1. The molecular weight excluding hydrogens is 258 g/mol. The van der Waals surface area contributed by atoms with Gasteiger partial charge in [-0.25, -0.2) is 0 Å². The first-order valence-electron chi connectivity index (χ1n) is 8.12. The molecule has 1 N–H and O–H groups in total. The number of aryl methyl sites for hydroxylation is 3. The molecule has 0 bridgehead atoms. The lowest BCUT2D eigenvalue weighted by molar-refractivity contribution is 0.197. The van der Waals surface area contributed by atoms with Crippen LogP contribution in [-0.4, -0.2) is 26.8 Å². The molecule has 120 valence electrons. The van der Waals surface area contributed by atoms with Gasteiger partial charge in [-0.2, -0.15) is 0 Å². The molecule has 0 radical (unpaired) electrons. The first-order valence-corrected chi connectivity index (χ1v) is 8.12. The summed E-state index contributed by atoms with van der Waals surface area (Å²) in [6.07, 6.45) is 3.63. The summed E-state index contributed by atoms with van der Waals surface area (Å²) in [5.41, 5.74) is 6.18. The largest absolute Gasteiger partial charge is 0.383 e. The Hall–Kier alpha value is -0.860. The van der Waals surface area contributed by atoms with Gasteiger partial charge in [-0.15, -0.1) is 0 Å². The average molecular weight is 291 g/mol. The highest BCUT2D eigenvalue weighted by atomic mass is 16.5. The fourth-order valence-electron chi connectivity index (χ4n) is 2.92. The third-order valence-corrected chi connectivity index (χ3v) is 4.35. The molecule has 0 atom stereocenters. The summed E-state index contributed by atoms with van der Waals surface area (Å²) in [6.45, 7) is 14.2. The van der Waals surface area contributed by atoms with Crippen molar-refractivity contribution in [1.29, 1.82) is 0 Å². The second kappa shape index (κ2) is 8.55. The van der Waals surface area contributed by atoms with Gasteiger partial charge < -0.3 is 10.1 Å². The Morgan fingerprint density at radius 1 is 1.00 bits per heavy atom. The van der Waals surface area contributed by atoms with Crippen LogP contribution in [0.25, 0.3) is 0 Å². The highest BCUT2D eigenvalue weighted by Gasteiger charge is 2.18. The number of hydrogen-bond donors (Lipinski definition) is 1. The van der Waals surface area contributed by atoms with Crippen LogP contribution in [0.5, 0.6) is 0 Å². The maximum atomic E-state index is 5.05. The van der Waals surface area contributed by atoms with E-state index in [0.717, 1.165) is 19.7 Å². The Morgan fingerprint density at radius 3 is 2.19 bits per heavy atom. The predicted molar refractivity (Wildman–Crippen MR) is 92.1 cm³/mol. The number of rotatable bonds is 9. The van der Waals surface area contributed by atoms with E-state index < -0.39 is 0 Å². The average Bonchev–Trinajstić information content (AvgIpc) is 2.37. The molecule has 0 aliphatic carbocycles. The van der Waals surface area contributed by atoms with Gasteiger partial charge in [-0.05, 0) is 68.7 Å². The number of nitrogens with one attached hydrogen (secondary N) is 1. The van der Waals surface area contributed by atoms with E-state index in [1.54, 1.807) is 12.7 Å². The van der Waals surface area contributed by atoms with E-state index in [-0.39, 0.29) is 0 Å². The topological polar surface area (TPSA) is 21.3 Å². The molecule has 0 aliphatic heterocycles. The zero-order valence-electron chi connectivity index (χ0n) is 14.8. The van der Waals surface area contributed by atoms with Gasteiger partial charge in [0.2, 0.25) is 0 Å². The van der Waals surface area contributed by atoms with E-state index in [9.17, 15) is 0 Å². The normalized spacial score (nSPS) is 11.9. The van der Waals surface area contributed by atoms with Gasteiger partial charge in [0.25, 0.3) is 0 Å². The van der Waals surface area contributed by atoms with Crippen molar-refractivity contribution in [3.63, 3.8) is 0 Å². The minimum atomic E-state index is 0.379. The zero-order valence-corrected chi connectivity index (χ0v) is 14.8. The molecule has 0 amide bonds. The number of hydrogen-bond acceptors (Lipinski definition) is 2. The molecule has 0 unspecified atom stereocenters. The summed E-state index contributed by atoms with van der Waals surface area (Å²) in [6, 6.07) is 4.61. The van der Waals surface area contributed by atoms with E-state index in [1.165, 1.54) is 36.0 Å². The lowest BCUT2D eigenvalue weighted by atomic mass is 9.81. The van der Waals surface area contributed by atoms with E-state index in [1.807, 2.05) is 0 Å². The first kappa shape index (κ1) is 18.2. The SMILES string of the molecule is COCCNCCC(C)(C)CCc1c(C)cc(C)cc1C. The lowest BCUT2D eigenvalue weighted by Crippen LogP contribution is -2.25. The summed E-state index contributed by atoms with van der Waals surface area (Å²) in [7, 11) is 1.75. The van der Waals surface area contributed by atoms with Crippen molar-refractivity contribution in [3.05, 3.63) is 34.4 Å². The summed E-state index contributed by atoms with van der Waals surface area (Å²) in [5, 5.41) is 3.45. The van der Waals surface area contributed by atoms with Crippen LogP contribution < -0.4 is 5.32 Å². The lowest BCUT2D eigenvalue weighted by Gasteiger charge is -2.26. The standard InChI is InChI=1S/C19H33NO/c1-15-13-16(2)18(17(3)14-15)7-8-19(4,5)9-10-20-11-12-21-6/h13-14,20H,7-12H2,1-6H3. The van der Waals surface area contributed by atoms with Gasteiger partial charge >= 0.3 is 0 Å². The van der Waals surface area contributed by atoms with Crippen LogP contribution in [0.1, 0.15) is 48.9 Å². The Morgan fingerprint density at radius 2 is 1.62 bits per heavy atom. The second-order valence-corrected chi connectivity index (χ2v) is 7.03. The highest BCUT2D eigenvalue weighted by Crippen LogP contribution is 2.28.